The van der Waals surface area contributed by atoms with E-state index in [4.69, 9.17) is 11.6 Å². The third-order valence-corrected chi connectivity index (χ3v) is 3.89. The first-order valence-corrected chi connectivity index (χ1v) is 7.91. The minimum absolute atomic E-state index is 0.0250. The summed E-state index contributed by atoms with van der Waals surface area (Å²) in [6, 6.07) is 6.36. The average molecular weight is 402 g/mol. The Morgan fingerprint density at radius 1 is 1.22 bits per heavy atom. The molecule has 27 heavy (non-hydrogen) atoms. The number of hydrogen-bond acceptors (Lipinski definition) is 3. The molecule has 142 valence electrons. The van der Waals surface area contributed by atoms with Crippen LogP contribution in [0, 0.1) is 5.82 Å². The molecule has 2 aromatic heterocycles. The fourth-order valence-corrected chi connectivity index (χ4v) is 2.55. The summed E-state index contributed by atoms with van der Waals surface area (Å²) in [5, 5.41) is 10.1. The van der Waals surface area contributed by atoms with E-state index in [1.807, 2.05) is 0 Å². The smallest absolute Gasteiger partial charge is 0.302 e. The standard InChI is InChI=1S/C16H12ClF4N5O/c1-25-13(16(19,20)21)6-12(23-25)15(27)22-14-11(17)8-26(24-14)7-9-2-4-10(18)5-3-9/h2-6,8H,7H2,1H3,(H,22,24,27). The number of benzene rings is 1. The summed E-state index contributed by atoms with van der Waals surface area (Å²) in [5.74, 6) is -1.28. The molecule has 0 saturated carbocycles. The lowest BCUT2D eigenvalue weighted by molar-refractivity contribution is -0.143. The fraction of sp³-hybridized carbons (Fsp3) is 0.188. The van der Waals surface area contributed by atoms with E-state index >= 15 is 0 Å². The van der Waals surface area contributed by atoms with Gasteiger partial charge in [-0.2, -0.15) is 23.4 Å². The molecule has 1 aromatic carbocycles. The maximum absolute atomic E-state index is 12.9. The molecule has 0 aliphatic heterocycles. The molecule has 0 fully saturated rings. The Bertz CT molecular complexity index is 978. The molecule has 0 spiro atoms. The summed E-state index contributed by atoms with van der Waals surface area (Å²) in [6.45, 7) is 0.262. The first kappa shape index (κ1) is 18.9. The van der Waals surface area contributed by atoms with Gasteiger partial charge in [-0.1, -0.05) is 23.7 Å². The van der Waals surface area contributed by atoms with E-state index in [0.29, 0.717) is 10.7 Å². The Hall–Kier alpha value is -2.88. The number of nitrogens with one attached hydrogen (secondary N) is 1. The predicted molar refractivity (Wildman–Crippen MR) is 88.9 cm³/mol. The second kappa shape index (κ2) is 7.03. The van der Waals surface area contributed by atoms with Crippen LogP contribution in [0.4, 0.5) is 23.4 Å². The number of nitrogens with zero attached hydrogens (tertiary/aromatic N) is 4. The molecule has 0 bridgehead atoms. The van der Waals surface area contributed by atoms with Crippen LogP contribution in [0.15, 0.2) is 36.5 Å². The maximum atomic E-state index is 12.9. The first-order valence-electron chi connectivity index (χ1n) is 7.53. The molecule has 0 radical (unpaired) electrons. The topological polar surface area (TPSA) is 64.7 Å². The zero-order chi connectivity index (χ0) is 19.8. The molecule has 0 unspecified atom stereocenters. The lowest BCUT2D eigenvalue weighted by Gasteiger charge is -2.04. The minimum Gasteiger partial charge on any atom is -0.302 e. The molecule has 2 heterocycles. The first-order chi connectivity index (χ1) is 12.6. The maximum Gasteiger partial charge on any atom is 0.433 e. The number of aryl methyl sites for hydroxylation is 1. The fourth-order valence-electron chi connectivity index (χ4n) is 2.35. The van der Waals surface area contributed by atoms with Gasteiger partial charge in [0.25, 0.3) is 5.91 Å². The number of aromatic nitrogens is 4. The lowest BCUT2D eigenvalue weighted by Crippen LogP contribution is -2.14. The summed E-state index contributed by atoms with van der Waals surface area (Å²) in [6.07, 6.45) is -3.20. The second-order valence-electron chi connectivity index (χ2n) is 5.64. The molecule has 1 amide bonds. The summed E-state index contributed by atoms with van der Waals surface area (Å²) in [5.41, 5.74) is -0.734. The van der Waals surface area contributed by atoms with Gasteiger partial charge in [0.1, 0.15) is 16.5 Å². The SMILES string of the molecule is Cn1nc(C(=O)Nc2nn(Cc3ccc(F)cc3)cc2Cl)cc1C(F)(F)F. The number of rotatable bonds is 4. The average Bonchev–Trinajstić information content (AvgIpc) is 3.12. The quantitative estimate of drug-likeness (QED) is 0.677. The van der Waals surface area contributed by atoms with Crippen LogP contribution in [0.2, 0.25) is 5.02 Å². The largest absolute Gasteiger partial charge is 0.433 e. The van der Waals surface area contributed by atoms with Gasteiger partial charge in [-0.25, -0.2) is 4.39 Å². The number of carbonyl (C=O) groups excluding carboxylic acids is 1. The second-order valence-corrected chi connectivity index (χ2v) is 6.05. The number of alkyl halides is 3. The van der Waals surface area contributed by atoms with Crippen molar-refractivity contribution in [3.63, 3.8) is 0 Å². The van der Waals surface area contributed by atoms with E-state index in [1.165, 1.54) is 23.0 Å². The van der Waals surface area contributed by atoms with Gasteiger partial charge < -0.3 is 5.32 Å². The van der Waals surface area contributed by atoms with Gasteiger partial charge in [-0.05, 0) is 17.7 Å². The molecule has 0 saturated heterocycles. The number of anilines is 1. The van der Waals surface area contributed by atoms with Crippen LogP contribution in [0.5, 0.6) is 0 Å². The third-order valence-electron chi connectivity index (χ3n) is 3.61. The van der Waals surface area contributed by atoms with Crippen molar-refractivity contribution >= 4 is 23.3 Å². The molecule has 1 N–H and O–H groups in total. The highest BCUT2D eigenvalue weighted by atomic mass is 35.5. The lowest BCUT2D eigenvalue weighted by atomic mass is 10.2. The van der Waals surface area contributed by atoms with Crippen molar-refractivity contribution in [2.24, 2.45) is 7.05 Å². The Morgan fingerprint density at radius 2 is 1.89 bits per heavy atom. The number of hydrogen-bond donors (Lipinski definition) is 1. The van der Waals surface area contributed by atoms with Crippen molar-refractivity contribution < 1.29 is 22.4 Å². The van der Waals surface area contributed by atoms with Gasteiger partial charge in [0.2, 0.25) is 0 Å². The van der Waals surface area contributed by atoms with Gasteiger partial charge >= 0.3 is 6.18 Å². The van der Waals surface area contributed by atoms with Gasteiger partial charge in [0.15, 0.2) is 11.5 Å². The summed E-state index contributed by atoms with van der Waals surface area (Å²) in [4.78, 5) is 12.2. The van der Waals surface area contributed by atoms with Crippen molar-refractivity contribution in [2.75, 3.05) is 5.32 Å². The zero-order valence-electron chi connectivity index (χ0n) is 13.8. The van der Waals surface area contributed by atoms with Crippen LogP contribution in [0.25, 0.3) is 0 Å². The number of amides is 1. The Kier molecular flexibility index (Phi) is 4.92. The highest BCUT2D eigenvalue weighted by Gasteiger charge is 2.35. The molecular formula is C16H12ClF4N5O. The van der Waals surface area contributed by atoms with Gasteiger partial charge in [-0.3, -0.25) is 14.2 Å². The summed E-state index contributed by atoms with van der Waals surface area (Å²) in [7, 11) is 1.09. The third kappa shape index (κ3) is 4.27. The van der Waals surface area contributed by atoms with Crippen LogP contribution in [-0.4, -0.2) is 25.5 Å². The van der Waals surface area contributed by atoms with Crippen molar-refractivity contribution in [3.05, 3.63) is 64.3 Å². The van der Waals surface area contributed by atoms with Crippen LogP contribution in [0.1, 0.15) is 21.7 Å². The predicted octanol–water partition coefficient (Wildman–Crippen LogP) is 3.73. The van der Waals surface area contributed by atoms with E-state index in [2.05, 4.69) is 15.5 Å². The molecular weight excluding hydrogens is 390 g/mol. The number of halogens is 5. The molecule has 3 rings (SSSR count). The van der Waals surface area contributed by atoms with E-state index in [9.17, 15) is 22.4 Å². The highest BCUT2D eigenvalue weighted by molar-refractivity contribution is 6.33. The van der Waals surface area contributed by atoms with Crippen molar-refractivity contribution in [3.8, 4) is 0 Å². The Balaban J connectivity index is 1.75. The van der Waals surface area contributed by atoms with Crippen molar-refractivity contribution in [1.82, 2.24) is 19.6 Å². The molecule has 0 aliphatic rings. The number of carbonyl (C=O) groups is 1. The summed E-state index contributed by atoms with van der Waals surface area (Å²) < 4.78 is 53.3. The summed E-state index contributed by atoms with van der Waals surface area (Å²) >= 11 is 6.01. The van der Waals surface area contributed by atoms with Gasteiger partial charge in [0, 0.05) is 19.3 Å². The van der Waals surface area contributed by atoms with Crippen LogP contribution >= 0.6 is 11.6 Å². The molecule has 3 aromatic rings. The van der Waals surface area contributed by atoms with Crippen LogP contribution in [0.3, 0.4) is 0 Å². The Labute approximate surface area is 155 Å². The minimum atomic E-state index is -4.63. The van der Waals surface area contributed by atoms with Gasteiger partial charge in [0.05, 0.1) is 6.54 Å². The van der Waals surface area contributed by atoms with Crippen molar-refractivity contribution in [1.29, 1.82) is 0 Å². The van der Waals surface area contributed by atoms with Crippen molar-refractivity contribution in [2.45, 2.75) is 12.7 Å². The normalized spacial score (nSPS) is 11.6. The highest BCUT2D eigenvalue weighted by Crippen LogP contribution is 2.29. The molecule has 11 heteroatoms. The molecule has 6 nitrogen and oxygen atoms in total. The van der Waals surface area contributed by atoms with Crippen LogP contribution in [-0.2, 0) is 19.8 Å². The van der Waals surface area contributed by atoms with E-state index in [1.54, 1.807) is 12.1 Å². The van der Waals surface area contributed by atoms with E-state index in [-0.39, 0.29) is 23.2 Å². The molecule has 0 atom stereocenters. The van der Waals surface area contributed by atoms with E-state index < -0.39 is 23.5 Å². The Morgan fingerprint density at radius 3 is 2.48 bits per heavy atom. The zero-order valence-corrected chi connectivity index (χ0v) is 14.5. The van der Waals surface area contributed by atoms with Crippen LogP contribution < -0.4 is 5.32 Å². The monoisotopic (exact) mass is 401 g/mol. The molecule has 0 aliphatic carbocycles. The van der Waals surface area contributed by atoms with Gasteiger partial charge in [-0.15, -0.1) is 0 Å². The van der Waals surface area contributed by atoms with E-state index in [0.717, 1.165) is 12.6 Å².